The normalized spacial score (nSPS) is 18.1. The van der Waals surface area contributed by atoms with Crippen LogP contribution in [-0.2, 0) is 19.6 Å². The van der Waals surface area contributed by atoms with Gasteiger partial charge in [-0.1, -0.05) is 0 Å². The van der Waals surface area contributed by atoms with Gasteiger partial charge >= 0.3 is 0 Å². The summed E-state index contributed by atoms with van der Waals surface area (Å²) in [5, 5.41) is 7.75. The van der Waals surface area contributed by atoms with Crippen molar-refractivity contribution in [2.24, 2.45) is 5.14 Å². The van der Waals surface area contributed by atoms with E-state index in [0.29, 0.717) is 12.2 Å². The lowest BCUT2D eigenvalue weighted by atomic mass is 10.2. The van der Waals surface area contributed by atoms with Gasteiger partial charge in [-0.05, 0) is 43.7 Å². The van der Waals surface area contributed by atoms with Crippen molar-refractivity contribution in [3.05, 3.63) is 24.3 Å². The molecule has 9 heteroatoms. The van der Waals surface area contributed by atoms with E-state index in [2.05, 4.69) is 5.32 Å². The monoisotopic (exact) mass is 368 g/mol. The van der Waals surface area contributed by atoms with Crippen LogP contribution in [0.3, 0.4) is 0 Å². The Labute approximate surface area is 148 Å². The molecule has 0 aliphatic carbocycles. The Kier molecular flexibility index (Phi) is 6.15. The third-order valence-electron chi connectivity index (χ3n) is 4.18. The molecule has 0 saturated carbocycles. The van der Waals surface area contributed by atoms with Gasteiger partial charge in [-0.25, -0.2) is 13.6 Å². The highest BCUT2D eigenvalue weighted by Crippen LogP contribution is 2.19. The molecule has 1 aliphatic rings. The van der Waals surface area contributed by atoms with Gasteiger partial charge in [0, 0.05) is 32.7 Å². The van der Waals surface area contributed by atoms with E-state index in [4.69, 9.17) is 5.14 Å². The van der Waals surface area contributed by atoms with E-state index >= 15 is 0 Å². The molecule has 1 atom stereocenters. The number of amides is 2. The lowest BCUT2D eigenvalue weighted by molar-refractivity contribution is -0.133. The summed E-state index contributed by atoms with van der Waals surface area (Å²) in [4.78, 5) is 27.8. The van der Waals surface area contributed by atoms with Gasteiger partial charge in [0.15, 0.2) is 0 Å². The fraction of sp³-hybridized carbons (Fsp3) is 0.500. The third kappa shape index (κ3) is 5.25. The Morgan fingerprint density at radius 3 is 2.48 bits per heavy atom. The number of carbonyl (C=O) groups excluding carboxylic acids is 2. The molecule has 2 amide bonds. The van der Waals surface area contributed by atoms with Gasteiger partial charge in [-0.3, -0.25) is 14.5 Å². The highest BCUT2D eigenvalue weighted by atomic mass is 32.2. The average Bonchev–Trinajstić information content (AvgIpc) is 3.00. The van der Waals surface area contributed by atoms with Gasteiger partial charge in [0.1, 0.15) is 0 Å². The first-order valence-electron chi connectivity index (χ1n) is 8.06. The van der Waals surface area contributed by atoms with E-state index in [1.54, 1.807) is 19.0 Å². The van der Waals surface area contributed by atoms with Crippen LogP contribution in [0.4, 0.5) is 5.69 Å². The molecule has 1 aromatic carbocycles. The lowest BCUT2D eigenvalue weighted by Gasteiger charge is -2.25. The molecule has 8 nitrogen and oxygen atoms in total. The molecule has 0 bridgehead atoms. The maximum absolute atomic E-state index is 12.1. The number of primary sulfonamides is 1. The zero-order valence-electron chi connectivity index (χ0n) is 14.4. The Morgan fingerprint density at radius 2 is 1.92 bits per heavy atom. The van der Waals surface area contributed by atoms with Gasteiger partial charge in [0.25, 0.3) is 0 Å². The number of likely N-dealkylation sites (N-methyl/N-ethyl adjacent to an activating group) is 1. The number of sulfonamides is 1. The number of rotatable bonds is 6. The van der Waals surface area contributed by atoms with Crippen molar-refractivity contribution in [2.45, 2.75) is 30.2 Å². The van der Waals surface area contributed by atoms with E-state index in [1.165, 1.54) is 24.3 Å². The maximum atomic E-state index is 12.1. The lowest BCUT2D eigenvalue weighted by Crippen LogP contribution is -2.43. The minimum atomic E-state index is -3.75. The van der Waals surface area contributed by atoms with E-state index in [9.17, 15) is 18.0 Å². The molecule has 1 fully saturated rings. The van der Waals surface area contributed by atoms with E-state index in [-0.39, 0.29) is 29.2 Å². The summed E-state index contributed by atoms with van der Waals surface area (Å²) in [7, 11) is -0.280. The Morgan fingerprint density at radius 1 is 1.28 bits per heavy atom. The molecule has 1 aliphatic heterocycles. The molecule has 0 radical (unpaired) electrons. The van der Waals surface area contributed by atoms with Crippen LogP contribution >= 0.6 is 0 Å². The van der Waals surface area contributed by atoms with Gasteiger partial charge < -0.3 is 10.2 Å². The second-order valence-electron chi connectivity index (χ2n) is 6.29. The van der Waals surface area contributed by atoms with Crippen LogP contribution in [0.2, 0.25) is 0 Å². The van der Waals surface area contributed by atoms with Crippen molar-refractivity contribution >= 4 is 27.5 Å². The minimum Gasteiger partial charge on any atom is -0.347 e. The number of benzene rings is 1. The summed E-state index contributed by atoms with van der Waals surface area (Å²) in [6, 6.07) is 5.52. The van der Waals surface area contributed by atoms with Crippen molar-refractivity contribution in [1.82, 2.24) is 9.80 Å². The molecule has 138 valence electrons. The summed E-state index contributed by atoms with van der Waals surface area (Å²) in [5.41, 5.74) is 0.500. The standard InChI is InChI=1S/C16H24N4O4S/c1-19(2)16(22)14-4-3-10-20(14)11-9-15(21)18-12-5-7-13(8-6-12)25(17,23)24/h5-8,14H,3-4,9-11H2,1-2H3,(H,18,21)(H2,17,23,24). The van der Waals surface area contributed by atoms with E-state index in [0.717, 1.165) is 19.4 Å². The van der Waals surface area contributed by atoms with Crippen LogP contribution in [0.1, 0.15) is 19.3 Å². The summed E-state index contributed by atoms with van der Waals surface area (Å²) < 4.78 is 22.4. The van der Waals surface area contributed by atoms with Crippen molar-refractivity contribution in [3.8, 4) is 0 Å². The molecule has 3 N–H and O–H groups in total. The van der Waals surface area contributed by atoms with Crippen molar-refractivity contribution in [3.63, 3.8) is 0 Å². The van der Waals surface area contributed by atoms with Crippen molar-refractivity contribution < 1.29 is 18.0 Å². The van der Waals surface area contributed by atoms with Crippen LogP contribution in [0.25, 0.3) is 0 Å². The van der Waals surface area contributed by atoms with Gasteiger partial charge in [-0.15, -0.1) is 0 Å². The molecular formula is C16H24N4O4S. The maximum Gasteiger partial charge on any atom is 0.239 e. The van der Waals surface area contributed by atoms with Crippen LogP contribution < -0.4 is 10.5 Å². The van der Waals surface area contributed by atoms with Crippen LogP contribution in [-0.4, -0.2) is 63.3 Å². The topological polar surface area (TPSA) is 113 Å². The summed E-state index contributed by atoms with van der Waals surface area (Å²) in [6.45, 7) is 1.31. The van der Waals surface area contributed by atoms with Crippen molar-refractivity contribution in [1.29, 1.82) is 0 Å². The molecule has 1 heterocycles. The highest BCUT2D eigenvalue weighted by molar-refractivity contribution is 7.89. The molecular weight excluding hydrogens is 344 g/mol. The largest absolute Gasteiger partial charge is 0.347 e. The number of nitrogens with two attached hydrogens (primary N) is 1. The number of hydrogen-bond acceptors (Lipinski definition) is 5. The number of nitrogens with one attached hydrogen (secondary N) is 1. The van der Waals surface area contributed by atoms with Gasteiger partial charge in [-0.2, -0.15) is 0 Å². The fourth-order valence-electron chi connectivity index (χ4n) is 2.87. The molecule has 25 heavy (non-hydrogen) atoms. The Balaban J connectivity index is 1.87. The van der Waals surface area contributed by atoms with Gasteiger partial charge in [0.05, 0.1) is 10.9 Å². The molecule has 2 rings (SSSR count). The second-order valence-corrected chi connectivity index (χ2v) is 7.86. The number of nitrogens with zero attached hydrogens (tertiary/aromatic N) is 2. The Bertz CT molecular complexity index is 731. The number of hydrogen-bond donors (Lipinski definition) is 2. The predicted molar refractivity (Wildman–Crippen MR) is 94.4 cm³/mol. The fourth-order valence-corrected chi connectivity index (χ4v) is 3.38. The minimum absolute atomic E-state index is 0.00685. The average molecular weight is 368 g/mol. The first kappa shape index (κ1) is 19.4. The van der Waals surface area contributed by atoms with Crippen LogP contribution in [0.5, 0.6) is 0 Å². The zero-order chi connectivity index (χ0) is 18.6. The SMILES string of the molecule is CN(C)C(=O)C1CCCN1CCC(=O)Nc1ccc(S(N)(=O)=O)cc1. The van der Waals surface area contributed by atoms with Crippen LogP contribution in [0, 0.1) is 0 Å². The molecule has 0 spiro atoms. The van der Waals surface area contributed by atoms with Gasteiger partial charge in [0.2, 0.25) is 21.8 Å². The highest BCUT2D eigenvalue weighted by Gasteiger charge is 2.31. The molecule has 1 aromatic rings. The number of likely N-dealkylation sites (tertiary alicyclic amines) is 1. The van der Waals surface area contributed by atoms with E-state index < -0.39 is 10.0 Å². The third-order valence-corrected chi connectivity index (χ3v) is 5.11. The quantitative estimate of drug-likeness (QED) is 0.745. The molecule has 1 unspecified atom stereocenters. The number of anilines is 1. The Hall–Kier alpha value is -1.97. The first-order valence-corrected chi connectivity index (χ1v) is 9.61. The van der Waals surface area contributed by atoms with Crippen LogP contribution in [0.15, 0.2) is 29.2 Å². The summed E-state index contributed by atoms with van der Waals surface area (Å²) in [5.74, 6) is -0.122. The summed E-state index contributed by atoms with van der Waals surface area (Å²) in [6.07, 6.45) is 2.02. The summed E-state index contributed by atoms with van der Waals surface area (Å²) >= 11 is 0. The van der Waals surface area contributed by atoms with E-state index in [1.807, 2.05) is 4.90 Å². The smallest absolute Gasteiger partial charge is 0.239 e. The molecule has 1 saturated heterocycles. The zero-order valence-corrected chi connectivity index (χ0v) is 15.3. The number of carbonyl (C=O) groups is 2. The van der Waals surface area contributed by atoms with Crippen molar-refractivity contribution in [2.75, 3.05) is 32.5 Å². The predicted octanol–water partition coefficient (Wildman–Crippen LogP) is 0.215. The molecule has 0 aromatic heterocycles. The second kappa shape index (κ2) is 7.94. The first-order chi connectivity index (χ1) is 11.7.